The summed E-state index contributed by atoms with van der Waals surface area (Å²) in [5, 5.41) is 7.09. The third-order valence-corrected chi connectivity index (χ3v) is 7.89. The van der Waals surface area contributed by atoms with Crippen molar-refractivity contribution in [2.75, 3.05) is 59.4 Å². The van der Waals surface area contributed by atoms with Crippen LogP contribution in [0.3, 0.4) is 0 Å². The molecule has 0 aliphatic carbocycles. The van der Waals surface area contributed by atoms with E-state index in [1.54, 1.807) is 11.3 Å². The van der Waals surface area contributed by atoms with Crippen molar-refractivity contribution in [3.8, 4) is 0 Å². The first kappa shape index (κ1) is 25.2. The van der Waals surface area contributed by atoms with Crippen molar-refractivity contribution in [1.29, 1.82) is 0 Å². The molecule has 6 nitrogen and oxygen atoms in total. The predicted molar refractivity (Wildman–Crippen MR) is 142 cm³/mol. The van der Waals surface area contributed by atoms with Crippen LogP contribution in [0.2, 0.25) is 0 Å². The smallest absolute Gasteiger partial charge is 0.193 e. The summed E-state index contributed by atoms with van der Waals surface area (Å²) < 4.78 is 0. The number of halogens is 1. The lowest BCUT2D eigenvalue weighted by atomic mass is 9.97. The zero-order valence-corrected chi connectivity index (χ0v) is 22.5. The number of aliphatic imine (C=N–C) groups is 1. The second-order valence-corrected chi connectivity index (χ2v) is 10.5. The second-order valence-electron chi connectivity index (χ2n) is 9.47. The summed E-state index contributed by atoms with van der Waals surface area (Å²) in [5.74, 6) is 2.68. The summed E-state index contributed by atoms with van der Waals surface area (Å²) in [6, 6.07) is 0. The van der Waals surface area contributed by atoms with Gasteiger partial charge in [0.25, 0.3) is 0 Å². The lowest BCUT2D eigenvalue weighted by Crippen LogP contribution is -2.44. The highest BCUT2D eigenvalue weighted by molar-refractivity contribution is 14.0. The zero-order chi connectivity index (χ0) is 20.8. The monoisotopic (exact) mass is 560 g/mol. The van der Waals surface area contributed by atoms with Gasteiger partial charge in [0.05, 0.1) is 10.7 Å². The zero-order valence-electron chi connectivity index (χ0n) is 19.4. The number of aromatic nitrogens is 1. The van der Waals surface area contributed by atoms with Crippen molar-refractivity contribution in [3.63, 3.8) is 0 Å². The van der Waals surface area contributed by atoms with E-state index < -0.39 is 0 Å². The van der Waals surface area contributed by atoms with Crippen LogP contribution >= 0.6 is 35.3 Å². The maximum Gasteiger partial charge on any atom is 0.193 e. The van der Waals surface area contributed by atoms with Gasteiger partial charge < -0.3 is 15.1 Å². The standard InChI is InChI=1S/C23H40N6S.HI/c1-19-26-22(18-30-19)17-28-11-6-20(7-12-28)14-25-23(24-2)29-13-8-21(16-29)15-27-9-4-3-5-10-27;/h18,20-21H,3-17H2,1-2H3,(H,24,25);1H. The van der Waals surface area contributed by atoms with Gasteiger partial charge in [-0.2, -0.15) is 0 Å². The predicted octanol–water partition coefficient (Wildman–Crippen LogP) is 3.66. The fourth-order valence-electron chi connectivity index (χ4n) is 5.31. The van der Waals surface area contributed by atoms with Crippen LogP contribution in [0.25, 0.3) is 0 Å². The van der Waals surface area contributed by atoms with Crippen molar-refractivity contribution in [3.05, 3.63) is 16.1 Å². The molecule has 1 N–H and O–H groups in total. The molecule has 0 saturated carbocycles. The fraction of sp³-hybridized carbons (Fsp3) is 0.826. The lowest BCUT2D eigenvalue weighted by molar-refractivity contribution is 0.176. The summed E-state index contributed by atoms with van der Waals surface area (Å²) in [4.78, 5) is 17.0. The number of nitrogens with zero attached hydrogens (tertiary/aromatic N) is 5. The number of piperidine rings is 2. The molecule has 0 aromatic carbocycles. The highest BCUT2D eigenvalue weighted by atomic mass is 127. The molecule has 3 saturated heterocycles. The number of hydrogen-bond acceptors (Lipinski definition) is 5. The van der Waals surface area contributed by atoms with Gasteiger partial charge in [-0.25, -0.2) is 4.98 Å². The quantitative estimate of drug-likeness (QED) is 0.327. The van der Waals surface area contributed by atoms with Gasteiger partial charge in [-0.15, -0.1) is 35.3 Å². The molecular formula is C23H41IN6S. The molecule has 1 atom stereocenters. The second kappa shape index (κ2) is 12.7. The first-order valence-corrected chi connectivity index (χ1v) is 12.9. The Bertz CT molecular complexity index is 681. The highest BCUT2D eigenvalue weighted by Gasteiger charge is 2.27. The number of thiazole rings is 1. The topological polar surface area (TPSA) is 47.0 Å². The van der Waals surface area contributed by atoms with Crippen LogP contribution in [0.4, 0.5) is 0 Å². The Hall–Kier alpha value is -0.450. The number of guanidine groups is 1. The van der Waals surface area contributed by atoms with Gasteiger partial charge in [0.15, 0.2) is 5.96 Å². The third kappa shape index (κ3) is 7.54. The summed E-state index contributed by atoms with van der Waals surface area (Å²) >= 11 is 1.76. The van der Waals surface area contributed by atoms with Gasteiger partial charge >= 0.3 is 0 Å². The lowest BCUT2D eigenvalue weighted by Gasteiger charge is -2.32. The van der Waals surface area contributed by atoms with Gasteiger partial charge in [0.1, 0.15) is 0 Å². The Kier molecular flexibility index (Phi) is 10.3. The maximum atomic E-state index is 4.62. The van der Waals surface area contributed by atoms with Crippen molar-refractivity contribution in [1.82, 2.24) is 25.0 Å². The van der Waals surface area contributed by atoms with Gasteiger partial charge in [-0.3, -0.25) is 9.89 Å². The van der Waals surface area contributed by atoms with Gasteiger partial charge in [-0.05, 0) is 77.0 Å². The van der Waals surface area contributed by atoms with Crippen molar-refractivity contribution < 1.29 is 0 Å². The Labute approximate surface area is 209 Å². The third-order valence-electron chi connectivity index (χ3n) is 7.07. The van der Waals surface area contributed by atoms with E-state index in [0.29, 0.717) is 0 Å². The summed E-state index contributed by atoms with van der Waals surface area (Å²) in [6.45, 7) is 12.8. The molecule has 0 amide bonds. The average Bonchev–Trinajstić information content (AvgIpc) is 3.39. The summed E-state index contributed by atoms with van der Waals surface area (Å²) in [7, 11) is 1.94. The van der Waals surface area contributed by atoms with Crippen LogP contribution in [0.1, 0.15) is 49.2 Å². The largest absolute Gasteiger partial charge is 0.356 e. The van der Waals surface area contributed by atoms with E-state index in [-0.39, 0.29) is 24.0 Å². The Morgan fingerprint density at radius 3 is 2.48 bits per heavy atom. The Balaban J connectivity index is 0.00000272. The minimum Gasteiger partial charge on any atom is -0.356 e. The van der Waals surface area contributed by atoms with E-state index >= 15 is 0 Å². The van der Waals surface area contributed by atoms with Crippen LogP contribution in [-0.4, -0.2) is 85.0 Å². The molecular weight excluding hydrogens is 519 g/mol. The van der Waals surface area contributed by atoms with E-state index in [4.69, 9.17) is 0 Å². The molecule has 3 aliphatic rings. The highest BCUT2D eigenvalue weighted by Crippen LogP contribution is 2.21. The average molecular weight is 561 g/mol. The molecule has 1 aromatic heterocycles. The van der Waals surface area contributed by atoms with Crippen LogP contribution in [0.5, 0.6) is 0 Å². The number of aryl methyl sites for hydroxylation is 1. The minimum absolute atomic E-state index is 0. The van der Waals surface area contributed by atoms with Crippen LogP contribution in [0.15, 0.2) is 10.4 Å². The number of hydrogen-bond donors (Lipinski definition) is 1. The molecule has 176 valence electrons. The number of nitrogens with one attached hydrogen (secondary N) is 1. The molecule has 3 fully saturated rings. The molecule has 0 radical (unpaired) electrons. The normalized spacial score (nSPS) is 24.4. The molecule has 8 heteroatoms. The number of rotatable bonds is 6. The van der Waals surface area contributed by atoms with E-state index in [0.717, 1.165) is 37.4 Å². The van der Waals surface area contributed by atoms with Gasteiger partial charge in [0, 0.05) is 45.2 Å². The van der Waals surface area contributed by atoms with Crippen LogP contribution in [-0.2, 0) is 6.54 Å². The van der Waals surface area contributed by atoms with Crippen LogP contribution in [0, 0.1) is 18.8 Å². The van der Waals surface area contributed by atoms with E-state index in [2.05, 4.69) is 42.3 Å². The van der Waals surface area contributed by atoms with E-state index in [9.17, 15) is 0 Å². The Morgan fingerprint density at radius 2 is 1.81 bits per heavy atom. The first-order chi connectivity index (χ1) is 14.7. The molecule has 1 unspecified atom stereocenters. The van der Waals surface area contributed by atoms with E-state index in [1.165, 1.54) is 88.5 Å². The van der Waals surface area contributed by atoms with Crippen molar-refractivity contribution in [2.24, 2.45) is 16.8 Å². The fourth-order valence-corrected chi connectivity index (χ4v) is 5.91. The van der Waals surface area contributed by atoms with Crippen molar-refractivity contribution >= 4 is 41.3 Å². The van der Waals surface area contributed by atoms with Crippen molar-refractivity contribution in [2.45, 2.75) is 52.0 Å². The number of likely N-dealkylation sites (tertiary alicyclic amines) is 3. The molecule has 1 aromatic rings. The Morgan fingerprint density at radius 1 is 1.06 bits per heavy atom. The van der Waals surface area contributed by atoms with Gasteiger partial charge in [-0.1, -0.05) is 6.42 Å². The van der Waals surface area contributed by atoms with E-state index in [1.807, 2.05) is 7.05 Å². The maximum absolute atomic E-state index is 4.62. The first-order valence-electron chi connectivity index (χ1n) is 12.0. The molecule has 4 rings (SSSR count). The van der Waals surface area contributed by atoms with Gasteiger partial charge in [0.2, 0.25) is 0 Å². The molecule has 3 aliphatic heterocycles. The molecule has 4 heterocycles. The molecule has 31 heavy (non-hydrogen) atoms. The summed E-state index contributed by atoms with van der Waals surface area (Å²) in [6.07, 6.45) is 8.05. The molecule has 0 spiro atoms. The summed E-state index contributed by atoms with van der Waals surface area (Å²) in [5.41, 5.74) is 1.24. The van der Waals surface area contributed by atoms with Crippen LogP contribution < -0.4 is 5.32 Å². The minimum atomic E-state index is 0. The SMILES string of the molecule is CN=C(NCC1CCN(Cc2csc(C)n2)CC1)N1CCC(CN2CCCCC2)C1.I. The molecule has 0 bridgehead atoms.